The molecule has 2 aromatic carbocycles. The first kappa shape index (κ1) is 26.6. The molecule has 0 amide bonds. The van der Waals surface area contributed by atoms with Gasteiger partial charge in [0.1, 0.15) is 12.4 Å². The van der Waals surface area contributed by atoms with Crippen LogP contribution in [0.4, 0.5) is 0 Å². The Morgan fingerprint density at radius 1 is 1.16 bits per heavy atom. The molecule has 194 valence electrons. The lowest BCUT2D eigenvalue weighted by atomic mass is 9.68. The van der Waals surface area contributed by atoms with E-state index in [9.17, 15) is 10.1 Å². The molecule has 0 aromatic heterocycles. The Morgan fingerprint density at radius 3 is 2.59 bits per heavy atom. The molecule has 1 atom stereocenters. The predicted molar refractivity (Wildman–Crippen MR) is 142 cm³/mol. The van der Waals surface area contributed by atoms with Crippen molar-refractivity contribution < 1.29 is 19.0 Å². The number of carbonyl (C=O) groups is 1. The number of rotatable bonds is 8. The van der Waals surface area contributed by atoms with Gasteiger partial charge in [0.2, 0.25) is 0 Å². The summed E-state index contributed by atoms with van der Waals surface area (Å²) in [6, 6.07) is 15.2. The van der Waals surface area contributed by atoms with E-state index < -0.39 is 5.92 Å². The van der Waals surface area contributed by atoms with Gasteiger partial charge in [0, 0.05) is 41.9 Å². The molecule has 0 radical (unpaired) electrons. The quantitative estimate of drug-likeness (QED) is 0.502. The Hall–Kier alpha value is -3.47. The fraction of sp³-hybridized carbons (Fsp3) is 0.379. The predicted octanol–water partition coefficient (Wildman–Crippen LogP) is 5.31. The Morgan fingerprint density at radius 2 is 1.92 bits per heavy atom. The average Bonchev–Trinajstić information content (AvgIpc) is 2.86. The summed E-state index contributed by atoms with van der Waals surface area (Å²) < 4.78 is 16.9. The van der Waals surface area contributed by atoms with Gasteiger partial charge >= 0.3 is 0 Å². The SMILES string of the molecule is COCCN1C(N)=C(C#N)[C@@H](c2ccc(OCc3ccccc3Cl)c(OC)c2)C2=C1CC(C)(C)CC2=O. The molecular weight excluding hydrogens is 490 g/mol. The molecule has 1 heterocycles. The Labute approximate surface area is 223 Å². The lowest BCUT2D eigenvalue weighted by Crippen LogP contribution is -2.43. The van der Waals surface area contributed by atoms with Gasteiger partial charge in [-0.25, -0.2) is 0 Å². The number of nitrogens with two attached hydrogens (primary N) is 1. The molecule has 2 aromatic rings. The van der Waals surface area contributed by atoms with Crippen molar-refractivity contribution in [3.8, 4) is 17.6 Å². The topological polar surface area (TPSA) is 97.8 Å². The van der Waals surface area contributed by atoms with Crippen LogP contribution in [0.25, 0.3) is 0 Å². The molecule has 0 fully saturated rings. The van der Waals surface area contributed by atoms with E-state index in [1.807, 2.05) is 41.3 Å². The summed E-state index contributed by atoms with van der Waals surface area (Å²) in [5, 5.41) is 10.8. The lowest BCUT2D eigenvalue weighted by molar-refractivity contribution is -0.118. The van der Waals surface area contributed by atoms with Crippen LogP contribution < -0.4 is 15.2 Å². The normalized spacial score (nSPS) is 19.0. The van der Waals surface area contributed by atoms with Crippen molar-refractivity contribution in [3.05, 3.63) is 81.3 Å². The standard InChI is InChI=1S/C29H32ClN3O4/c1-29(2)14-22-27(23(34)15-29)26(20(16-31)28(32)33(22)11-12-35-3)18-9-10-24(25(13-18)36-4)37-17-19-7-5-6-8-21(19)30/h5-10,13,26H,11-12,14-15,17,32H2,1-4H3/t26-/m1/s1. The highest BCUT2D eigenvalue weighted by Gasteiger charge is 2.44. The highest BCUT2D eigenvalue weighted by Crippen LogP contribution is 2.49. The van der Waals surface area contributed by atoms with Crippen molar-refractivity contribution in [2.75, 3.05) is 27.4 Å². The second-order valence-corrected chi connectivity index (χ2v) is 10.5. The molecule has 0 saturated carbocycles. The van der Waals surface area contributed by atoms with Crippen LogP contribution in [0.15, 0.2) is 65.1 Å². The van der Waals surface area contributed by atoms with Crippen LogP contribution in [0, 0.1) is 16.7 Å². The second kappa shape index (κ2) is 10.9. The van der Waals surface area contributed by atoms with Crippen molar-refractivity contribution in [2.45, 2.75) is 39.2 Å². The number of hydrogen-bond acceptors (Lipinski definition) is 7. The Kier molecular flexibility index (Phi) is 7.82. The van der Waals surface area contributed by atoms with Crippen molar-refractivity contribution >= 4 is 17.4 Å². The number of halogens is 1. The van der Waals surface area contributed by atoms with Gasteiger partial charge in [-0.05, 0) is 35.6 Å². The monoisotopic (exact) mass is 521 g/mol. The number of nitriles is 1. The smallest absolute Gasteiger partial charge is 0.162 e. The summed E-state index contributed by atoms with van der Waals surface area (Å²) in [5.74, 6) is 0.815. The van der Waals surface area contributed by atoms with Crippen LogP contribution in [0.2, 0.25) is 5.02 Å². The number of allylic oxidation sites excluding steroid dienone is 3. The molecule has 1 aliphatic heterocycles. The van der Waals surface area contributed by atoms with Gasteiger partial charge in [0.15, 0.2) is 17.3 Å². The number of ketones is 1. The lowest BCUT2D eigenvalue weighted by Gasteiger charge is -2.43. The highest BCUT2D eigenvalue weighted by molar-refractivity contribution is 6.31. The third kappa shape index (κ3) is 5.31. The summed E-state index contributed by atoms with van der Waals surface area (Å²) in [6.45, 7) is 5.30. The zero-order chi connectivity index (χ0) is 26.7. The summed E-state index contributed by atoms with van der Waals surface area (Å²) >= 11 is 6.27. The summed E-state index contributed by atoms with van der Waals surface area (Å²) in [4.78, 5) is 15.5. The summed E-state index contributed by atoms with van der Waals surface area (Å²) in [5.41, 5.74) is 9.78. The van der Waals surface area contributed by atoms with Crippen molar-refractivity contribution in [2.24, 2.45) is 11.1 Å². The van der Waals surface area contributed by atoms with Gasteiger partial charge in [-0.2, -0.15) is 5.26 Å². The summed E-state index contributed by atoms with van der Waals surface area (Å²) in [7, 11) is 3.17. The number of benzene rings is 2. The fourth-order valence-corrected chi connectivity index (χ4v) is 5.29. The minimum atomic E-state index is -0.589. The number of hydrogen-bond donors (Lipinski definition) is 1. The van der Waals surface area contributed by atoms with Gasteiger partial charge in [-0.1, -0.05) is 49.7 Å². The zero-order valence-electron chi connectivity index (χ0n) is 21.6. The maximum absolute atomic E-state index is 13.6. The van der Waals surface area contributed by atoms with Gasteiger partial charge in [0.05, 0.1) is 31.3 Å². The maximum atomic E-state index is 13.6. The van der Waals surface area contributed by atoms with E-state index in [-0.39, 0.29) is 17.8 Å². The van der Waals surface area contributed by atoms with Crippen LogP contribution in [0.5, 0.6) is 11.5 Å². The fourth-order valence-electron chi connectivity index (χ4n) is 5.10. The first-order chi connectivity index (χ1) is 17.7. The van der Waals surface area contributed by atoms with E-state index in [0.717, 1.165) is 16.8 Å². The van der Waals surface area contributed by atoms with Gasteiger partial charge in [-0.3, -0.25) is 4.79 Å². The number of nitrogens with zero attached hydrogens (tertiary/aromatic N) is 2. The molecule has 2 aliphatic rings. The van der Waals surface area contributed by atoms with Gasteiger partial charge in [0.25, 0.3) is 0 Å². The van der Waals surface area contributed by atoms with Crippen LogP contribution in [0.1, 0.15) is 43.7 Å². The molecule has 7 nitrogen and oxygen atoms in total. The van der Waals surface area contributed by atoms with Crippen molar-refractivity contribution in [1.29, 1.82) is 5.26 Å². The molecule has 0 saturated heterocycles. The second-order valence-electron chi connectivity index (χ2n) is 10.1. The minimum absolute atomic E-state index is 0.0249. The Balaban J connectivity index is 1.76. The maximum Gasteiger partial charge on any atom is 0.162 e. The van der Waals surface area contributed by atoms with Crippen LogP contribution in [0.3, 0.4) is 0 Å². The number of carbonyl (C=O) groups excluding carboxylic acids is 1. The molecular formula is C29H32ClN3O4. The zero-order valence-corrected chi connectivity index (χ0v) is 22.4. The average molecular weight is 522 g/mol. The van der Waals surface area contributed by atoms with E-state index in [0.29, 0.717) is 59.5 Å². The molecule has 0 bridgehead atoms. The molecule has 4 rings (SSSR count). The van der Waals surface area contributed by atoms with E-state index in [1.165, 1.54) is 0 Å². The molecule has 8 heteroatoms. The molecule has 37 heavy (non-hydrogen) atoms. The molecule has 1 aliphatic carbocycles. The van der Waals surface area contributed by atoms with Gasteiger partial charge in [-0.15, -0.1) is 0 Å². The number of methoxy groups -OCH3 is 2. The third-order valence-corrected chi connectivity index (χ3v) is 7.24. The first-order valence-corrected chi connectivity index (χ1v) is 12.5. The minimum Gasteiger partial charge on any atom is -0.493 e. The van der Waals surface area contributed by atoms with Crippen molar-refractivity contribution in [3.63, 3.8) is 0 Å². The first-order valence-electron chi connectivity index (χ1n) is 12.2. The Bertz CT molecular complexity index is 1310. The van der Waals surface area contributed by atoms with E-state index in [2.05, 4.69) is 19.9 Å². The van der Waals surface area contributed by atoms with E-state index in [1.54, 1.807) is 20.3 Å². The van der Waals surface area contributed by atoms with Crippen molar-refractivity contribution in [1.82, 2.24) is 4.90 Å². The van der Waals surface area contributed by atoms with Crippen LogP contribution >= 0.6 is 11.6 Å². The molecule has 0 spiro atoms. The summed E-state index contributed by atoms with van der Waals surface area (Å²) in [6.07, 6.45) is 1.07. The van der Waals surface area contributed by atoms with E-state index in [4.69, 9.17) is 31.5 Å². The third-order valence-electron chi connectivity index (χ3n) is 6.87. The largest absolute Gasteiger partial charge is 0.493 e. The van der Waals surface area contributed by atoms with Crippen LogP contribution in [-0.2, 0) is 16.1 Å². The number of Topliss-reactive ketones (excluding diaryl/α,β-unsaturated/α-hetero) is 1. The number of ether oxygens (including phenoxy) is 3. The van der Waals surface area contributed by atoms with Crippen LogP contribution in [-0.4, -0.2) is 38.1 Å². The van der Waals surface area contributed by atoms with E-state index >= 15 is 0 Å². The highest BCUT2D eigenvalue weighted by atomic mass is 35.5. The molecule has 2 N–H and O–H groups in total. The molecule has 0 unspecified atom stereocenters. The van der Waals surface area contributed by atoms with Gasteiger partial charge < -0.3 is 24.8 Å².